The average molecular weight is 398 g/mol. The number of benzene rings is 2. The van der Waals surface area contributed by atoms with Gasteiger partial charge in [-0.2, -0.15) is 0 Å². The first-order chi connectivity index (χ1) is 11.8. The Morgan fingerprint density at radius 1 is 1.15 bits per heavy atom. The van der Waals surface area contributed by atoms with Gasteiger partial charge in [0.05, 0.1) is 4.90 Å². The molecule has 0 saturated heterocycles. The molecule has 2 rings (SSSR count). The fourth-order valence-electron chi connectivity index (χ4n) is 2.34. The minimum atomic E-state index is -3.64. The molecule has 0 saturated carbocycles. The number of hydrogen-bond acceptors (Lipinski definition) is 4. The van der Waals surface area contributed by atoms with E-state index in [2.05, 4.69) is 4.72 Å². The van der Waals surface area contributed by atoms with Crippen molar-refractivity contribution < 1.29 is 13.2 Å². The summed E-state index contributed by atoms with van der Waals surface area (Å²) in [4.78, 5) is 13.8. The van der Waals surface area contributed by atoms with Gasteiger partial charge in [0.1, 0.15) is 0 Å². The highest BCUT2D eigenvalue weighted by Gasteiger charge is 2.15. The van der Waals surface area contributed by atoms with Gasteiger partial charge in [-0.05, 0) is 36.8 Å². The average Bonchev–Trinajstić information content (AvgIpc) is 2.55. The quantitative estimate of drug-likeness (QED) is 0.751. The second kappa shape index (κ2) is 9.56. The molecule has 0 aliphatic heterocycles. The largest absolute Gasteiger partial charge is 0.341 e. The van der Waals surface area contributed by atoms with Crippen LogP contribution in [0.15, 0.2) is 59.5 Å². The Kier molecular flexibility index (Phi) is 8.08. The number of carbonyl (C=O) groups is 1. The van der Waals surface area contributed by atoms with Crippen molar-refractivity contribution in [2.45, 2.75) is 30.8 Å². The molecule has 0 spiro atoms. The number of nitrogens with one attached hydrogen (secondary N) is 1. The van der Waals surface area contributed by atoms with Crippen LogP contribution in [0.1, 0.15) is 18.9 Å². The summed E-state index contributed by atoms with van der Waals surface area (Å²) in [6, 6.07) is 15.0. The topological polar surface area (TPSA) is 92.5 Å². The summed E-state index contributed by atoms with van der Waals surface area (Å²) in [6.07, 6.45) is 0.275. The summed E-state index contributed by atoms with van der Waals surface area (Å²) in [5.41, 5.74) is 6.93. The fraction of sp³-hybridized carbons (Fsp3) is 0.278. The molecule has 0 aliphatic rings. The Labute approximate surface area is 160 Å². The molecule has 0 aliphatic carbocycles. The molecule has 6 nitrogen and oxygen atoms in total. The van der Waals surface area contributed by atoms with E-state index in [9.17, 15) is 13.2 Å². The molecule has 3 N–H and O–H groups in total. The molecule has 2 aromatic carbocycles. The Bertz CT molecular complexity index is 827. The molecule has 0 bridgehead atoms. The van der Waals surface area contributed by atoms with Crippen LogP contribution in [0.4, 0.5) is 5.69 Å². The van der Waals surface area contributed by atoms with E-state index < -0.39 is 10.0 Å². The number of nitrogens with zero attached hydrogens (tertiary/aromatic N) is 1. The van der Waals surface area contributed by atoms with Crippen LogP contribution in [0.25, 0.3) is 0 Å². The minimum absolute atomic E-state index is 0. The Hall–Kier alpha value is -2.09. The standard InChI is InChI=1S/C18H23N3O3S.ClH/c1-14(19)11-18(22)21(2)13-15-7-6-8-16(12-15)20-25(23,24)17-9-4-3-5-10-17;/h3-10,12,14,20H,11,13,19H2,1-2H3;1H. The number of amides is 1. The van der Waals surface area contributed by atoms with Crippen molar-refractivity contribution in [3.63, 3.8) is 0 Å². The van der Waals surface area contributed by atoms with Crippen molar-refractivity contribution >= 4 is 34.0 Å². The lowest BCUT2D eigenvalue weighted by atomic mass is 10.1. The molecule has 26 heavy (non-hydrogen) atoms. The highest BCUT2D eigenvalue weighted by atomic mass is 35.5. The highest BCUT2D eigenvalue weighted by Crippen LogP contribution is 2.18. The van der Waals surface area contributed by atoms with E-state index >= 15 is 0 Å². The van der Waals surface area contributed by atoms with E-state index in [0.717, 1.165) is 5.56 Å². The van der Waals surface area contributed by atoms with Gasteiger partial charge in [-0.1, -0.05) is 30.3 Å². The molecule has 1 unspecified atom stereocenters. The molecule has 0 fully saturated rings. The van der Waals surface area contributed by atoms with Gasteiger partial charge >= 0.3 is 0 Å². The first-order valence-corrected chi connectivity index (χ1v) is 9.42. The van der Waals surface area contributed by atoms with Crippen molar-refractivity contribution in [2.75, 3.05) is 11.8 Å². The van der Waals surface area contributed by atoms with Gasteiger partial charge in [-0.3, -0.25) is 9.52 Å². The molecule has 1 amide bonds. The SMILES string of the molecule is CC(N)CC(=O)N(C)Cc1cccc(NS(=O)(=O)c2ccccc2)c1.Cl. The molecule has 0 heterocycles. The van der Waals surface area contributed by atoms with Gasteiger partial charge in [0.15, 0.2) is 0 Å². The number of hydrogen-bond donors (Lipinski definition) is 2. The monoisotopic (exact) mass is 397 g/mol. The summed E-state index contributed by atoms with van der Waals surface area (Å²) in [5, 5.41) is 0. The van der Waals surface area contributed by atoms with E-state index in [4.69, 9.17) is 5.73 Å². The smallest absolute Gasteiger partial charge is 0.261 e. The number of carbonyl (C=O) groups excluding carboxylic acids is 1. The summed E-state index contributed by atoms with van der Waals surface area (Å²) >= 11 is 0. The van der Waals surface area contributed by atoms with Crippen LogP contribution >= 0.6 is 12.4 Å². The van der Waals surface area contributed by atoms with Crippen molar-refractivity contribution in [1.29, 1.82) is 0 Å². The van der Waals surface area contributed by atoms with Crippen molar-refractivity contribution in [3.8, 4) is 0 Å². The number of rotatable bonds is 7. The molecule has 142 valence electrons. The van der Waals surface area contributed by atoms with Crippen LogP contribution in [0, 0.1) is 0 Å². The van der Waals surface area contributed by atoms with Gasteiger partial charge in [0.2, 0.25) is 5.91 Å². The summed E-state index contributed by atoms with van der Waals surface area (Å²) in [6.45, 7) is 2.16. The lowest BCUT2D eigenvalue weighted by Gasteiger charge is -2.19. The first kappa shape index (κ1) is 22.0. The van der Waals surface area contributed by atoms with E-state index in [1.807, 2.05) is 6.07 Å². The normalized spacial score (nSPS) is 12.0. The van der Waals surface area contributed by atoms with Crippen LogP contribution < -0.4 is 10.5 Å². The van der Waals surface area contributed by atoms with Crippen LogP contribution in [0.2, 0.25) is 0 Å². The van der Waals surface area contributed by atoms with Crippen LogP contribution in [0.3, 0.4) is 0 Å². The number of halogens is 1. The van der Waals surface area contributed by atoms with Crippen molar-refractivity contribution in [2.24, 2.45) is 5.73 Å². The molecular formula is C18H24ClN3O3S. The van der Waals surface area contributed by atoms with E-state index in [0.29, 0.717) is 12.2 Å². The van der Waals surface area contributed by atoms with Gasteiger partial charge in [0, 0.05) is 31.7 Å². The third kappa shape index (κ3) is 6.33. The Balaban J connectivity index is 0.00000338. The maximum absolute atomic E-state index is 12.4. The van der Waals surface area contributed by atoms with E-state index in [1.165, 1.54) is 12.1 Å². The van der Waals surface area contributed by atoms with E-state index in [1.54, 1.807) is 55.3 Å². The third-order valence-corrected chi connectivity index (χ3v) is 4.97. The molecule has 0 aromatic heterocycles. The third-order valence-electron chi connectivity index (χ3n) is 3.57. The summed E-state index contributed by atoms with van der Waals surface area (Å²) < 4.78 is 27.3. The maximum Gasteiger partial charge on any atom is 0.261 e. The molecular weight excluding hydrogens is 374 g/mol. The molecule has 8 heteroatoms. The Morgan fingerprint density at radius 2 is 1.81 bits per heavy atom. The van der Waals surface area contributed by atoms with Gasteiger partial charge in [0.25, 0.3) is 10.0 Å². The van der Waals surface area contributed by atoms with Crippen LogP contribution in [-0.4, -0.2) is 32.3 Å². The number of nitrogens with two attached hydrogens (primary N) is 1. The van der Waals surface area contributed by atoms with Crippen molar-refractivity contribution in [3.05, 3.63) is 60.2 Å². The van der Waals surface area contributed by atoms with Crippen molar-refractivity contribution in [1.82, 2.24) is 4.90 Å². The lowest BCUT2D eigenvalue weighted by Crippen LogP contribution is -2.31. The zero-order valence-corrected chi connectivity index (χ0v) is 16.4. The predicted molar refractivity (Wildman–Crippen MR) is 106 cm³/mol. The second-order valence-electron chi connectivity index (χ2n) is 6.05. The highest BCUT2D eigenvalue weighted by molar-refractivity contribution is 7.92. The molecule has 0 radical (unpaired) electrons. The predicted octanol–water partition coefficient (Wildman–Crippen LogP) is 2.60. The minimum Gasteiger partial charge on any atom is -0.341 e. The van der Waals surface area contributed by atoms with Gasteiger partial charge < -0.3 is 10.6 Å². The first-order valence-electron chi connectivity index (χ1n) is 7.94. The Morgan fingerprint density at radius 3 is 2.42 bits per heavy atom. The maximum atomic E-state index is 12.4. The van der Waals surface area contributed by atoms with E-state index in [-0.39, 0.29) is 35.7 Å². The molecule has 2 aromatic rings. The lowest BCUT2D eigenvalue weighted by molar-refractivity contribution is -0.130. The van der Waals surface area contributed by atoms with Crippen LogP contribution in [0.5, 0.6) is 0 Å². The second-order valence-corrected chi connectivity index (χ2v) is 7.73. The zero-order chi connectivity index (χ0) is 18.4. The molecule has 1 atom stereocenters. The summed E-state index contributed by atoms with van der Waals surface area (Å²) in [5.74, 6) is -0.0507. The summed E-state index contributed by atoms with van der Waals surface area (Å²) in [7, 11) is -1.94. The van der Waals surface area contributed by atoms with Gasteiger partial charge in [-0.15, -0.1) is 12.4 Å². The van der Waals surface area contributed by atoms with Crippen LogP contribution in [-0.2, 0) is 21.4 Å². The zero-order valence-electron chi connectivity index (χ0n) is 14.8. The number of sulfonamides is 1. The number of anilines is 1. The fourth-order valence-corrected chi connectivity index (χ4v) is 3.41. The van der Waals surface area contributed by atoms with Gasteiger partial charge in [-0.25, -0.2) is 8.42 Å².